The molecule has 0 amide bonds. The van der Waals surface area contributed by atoms with Crippen molar-refractivity contribution in [2.24, 2.45) is 0 Å². The topological polar surface area (TPSA) is 9.23 Å². The first-order valence-electron chi connectivity index (χ1n) is 5.21. The Morgan fingerprint density at radius 3 is 2.25 bits per heavy atom. The molecule has 0 radical (unpaired) electrons. The average molecular weight is 406 g/mol. The lowest BCUT2D eigenvalue weighted by atomic mass is 10.1. The van der Waals surface area contributed by atoms with Crippen LogP contribution in [0.3, 0.4) is 0 Å². The third-order valence-corrected chi connectivity index (χ3v) is 5.48. The summed E-state index contributed by atoms with van der Waals surface area (Å²) in [5, 5.41) is -0.483. The monoisotopic (exact) mass is 404 g/mol. The van der Waals surface area contributed by atoms with Gasteiger partial charge in [0.25, 0.3) is 0 Å². The van der Waals surface area contributed by atoms with Gasteiger partial charge in [-0.3, -0.25) is 0 Å². The molecule has 8 heteroatoms. The number of hydrogen-bond donors (Lipinski definition) is 0. The van der Waals surface area contributed by atoms with Crippen molar-refractivity contribution in [1.82, 2.24) is 0 Å². The number of rotatable bonds is 3. The van der Waals surface area contributed by atoms with Crippen LogP contribution in [0.15, 0.2) is 34.8 Å². The van der Waals surface area contributed by atoms with Crippen molar-refractivity contribution < 1.29 is 17.9 Å². The molecule has 0 aliphatic heterocycles. The highest BCUT2D eigenvalue weighted by molar-refractivity contribution is 9.10. The minimum atomic E-state index is -4.70. The fraction of sp³-hybridized carbons (Fsp3) is 0.167. The second-order valence-electron chi connectivity index (χ2n) is 3.75. The molecule has 0 bridgehead atoms. The van der Waals surface area contributed by atoms with Crippen LogP contribution in [-0.2, 0) is 0 Å². The molecule has 108 valence electrons. The minimum absolute atomic E-state index is 0.282. The van der Waals surface area contributed by atoms with Crippen molar-refractivity contribution in [2.45, 2.75) is 11.7 Å². The van der Waals surface area contributed by atoms with E-state index in [2.05, 4.69) is 20.7 Å². The number of hydrogen-bond acceptors (Lipinski definition) is 2. The van der Waals surface area contributed by atoms with E-state index in [1.165, 1.54) is 35.6 Å². The number of ether oxygens (including phenoxy) is 1. The van der Waals surface area contributed by atoms with E-state index in [0.29, 0.717) is 9.90 Å². The summed E-state index contributed by atoms with van der Waals surface area (Å²) in [5.74, 6) is -0.282. The zero-order chi connectivity index (χ0) is 14.9. The fourth-order valence-corrected chi connectivity index (χ4v) is 3.58. The summed E-state index contributed by atoms with van der Waals surface area (Å²) in [6.45, 7) is 0. The molecule has 0 spiro atoms. The van der Waals surface area contributed by atoms with E-state index in [-0.39, 0.29) is 5.75 Å². The lowest BCUT2D eigenvalue weighted by Gasteiger charge is -2.11. The smallest absolute Gasteiger partial charge is 0.406 e. The van der Waals surface area contributed by atoms with Gasteiger partial charge in [-0.1, -0.05) is 23.7 Å². The van der Waals surface area contributed by atoms with Crippen LogP contribution >= 0.6 is 50.5 Å². The van der Waals surface area contributed by atoms with Crippen LogP contribution in [0.4, 0.5) is 13.2 Å². The summed E-state index contributed by atoms with van der Waals surface area (Å²) >= 11 is 16.8. The molecule has 1 nitrogen and oxygen atoms in total. The maximum atomic E-state index is 12.0. The van der Waals surface area contributed by atoms with Gasteiger partial charge in [0.05, 0.1) is 5.38 Å². The average Bonchev–Trinajstić information content (AvgIpc) is 2.68. The molecule has 1 unspecified atom stereocenters. The molecule has 0 fully saturated rings. The van der Waals surface area contributed by atoms with Crippen molar-refractivity contribution in [1.29, 1.82) is 0 Å². The highest BCUT2D eigenvalue weighted by atomic mass is 79.9. The maximum Gasteiger partial charge on any atom is 0.573 e. The zero-order valence-corrected chi connectivity index (χ0v) is 13.5. The lowest BCUT2D eigenvalue weighted by molar-refractivity contribution is -0.274. The number of alkyl halides is 4. The molecule has 0 N–H and O–H groups in total. The second kappa shape index (κ2) is 6.13. The van der Waals surface area contributed by atoms with Crippen LogP contribution < -0.4 is 4.74 Å². The molecule has 0 saturated carbocycles. The Balaban J connectivity index is 2.17. The largest absolute Gasteiger partial charge is 0.573 e. The van der Waals surface area contributed by atoms with Crippen molar-refractivity contribution in [3.63, 3.8) is 0 Å². The summed E-state index contributed by atoms with van der Waals surface area (Å²) in [4.78, 5) is 0.799. The molecule has 1 aromatic carbocycles. The first-order chi connectivity index (χ1) is 9.26. The Morgan fingerprint density at radius 1 is 1.20 bits per heavy atom. The summed E-state index contributed by atoms with van der Waals surface area (Å²) in [5.41, 5.74) is 0.659. The molecule has 2 rings (SSSR count). The SMILES string of the molecule is FC(F)(F)Oc1ccc(C(Cl)c2cc(Br)c(Cl)s2)cc1. The summed E-state index contributed by atoms with van der Waals surface area (Å²) in [7, 11) is 0. The number of halogens is 6. The molecule has 2 aromatic rings. The predicted octanol–water partition coefficient (Wildman–Crippen LogP) is 6.39. The third-order valence-electron chi connectivity index (χ3n) is 2.32. The lowest BCUT2D eigenvalue weighted by Crippen LogP contribution is -2.17. The van der Waals surface area contributed by atoms with E-state index in [0.717, 1.165) is 9.35 Å². The van der Waals surface area contributed by atoms with Gasteiger partial charge < -0.3 is 4.74 Å². The summed E-state index contributed by atoms with van der Waals surface area (Å²) in [6, 6.07) is 7.20. The molecular weight excluding hydrogens is 400 g/mol. The van der Waals surface area contributed by atoms with E-state index >= 15 is 0 Å². The second-order valence-corrected chi connectivity index (χ2v) is 6.73. The Bertz CT molecular complexity index is 578. The van der Waals surface area contributed by atoms with Crippen LogP contribution in [-0.4, -0.2) is 6.36 Å². The van der Waals surface area contributed by atoms with Crippen molar-refractivity contribution in [2.75, 3.05) is 0 Å². The zero-order valence-electron chi connectivity index (χ0n) is 9.55. The highest BCUT2D eigenvalue weighted by Crippen LogP contribution is 2.40. The fourth-order valence-electron chi connectivity index (χ4n) is 1.49. The highest BCUT2D eigenvalue weighted by Gasteiger charge is 2.31. The van der Waals surface area contributed by atoms with Crippen LogP contribution in [0.5, 0.6) is 5.75 Å². The van der Waals surface area contributed by atoms with E-state index in [9.17, 15) is 13.2 Å². The molecule has 0 saturated heterocycles. The van der Waals surface area contributed by atoms with E-state index in [4.69, 9.17) is 23.2 Å². The molecule has 1 heterocycles. The van der Waals surface area contributed by atoms with E-state index < -0.39 is 11.7 Å². The molecule has 1 atom stereocenters. The van der Waals surface area contributed by atoms with Crippen LogP contribution in [0.2, 0.25) is 4.34 Å². The van der Waals surface area contributed by atoms with Crippen LogP contribution in [0.1, 0.15) is 15.8 Å². The number of benzene rings is 1. The quantitative estimate of drug-likeness (QED) is 0.537. The molecule has 0 aliphatic carbocycles. The Labute approximate surface area is 135 Å². The Kier molecular flexibility index (Phi) is 4.89. The van der Waals surface area contributed by atoms with Gasteiger partial charge in [-0.25, -0.2) is 0 Å². The van der Waals surface area contributed by atoms with Gasteiger partial charge in [0, 0.05) is 9.35 Å². The summed E-state index contributed by atoms with van der Waals surface area (Å²) in [6.07, 6.45) is -4.70. The molecule has 0 aliphatic rings. The molecule has 1 aromatic heterocycles. The van der Waals surface area contributed by atoms with Gasteiger partial charge in [-0.2, -0.15) is 0 Å². The maximum absolute atomic E-state index is 12.0. The van der Waals surface area contributed by atoms with Crippen molar-refractivity contribution >= 4 is 50.5 Å². The van der Waals surface area contributed by atoms with E-state index in [1.807, 2.05) is 0 Å². The Hall–Kier alpha value is -0.430. The van der Waals surface area contributed by atoms with Gasteiger partial charge in [-0.15, -0.1) is 36.1 Å². The van der Waals surface area contributed by atoms with Crippen molar-refractivity contribution in [3.8, 4) is 5.75 Å². The molecule has 20 heavy (non-hydrogen) atoms. The van der Waals surface area contributed by atoms with Gasteiger partial charge in [0.15, 0.2) is 0 Å². The van der Waals surface area contributed by atoms with Gasteiger partial charge >= 0.3 is 6.36 Å². The Morgan fingerprint density at radius 2 is 1.80 bits per heavy atom. The first-order valence-corrected chi connectivity index (χ1v) is 7.63. The predicted molar refractivity (Wildman–Crippen MR) is 77.9 cm³/mol. The normalized spacial score (nSPS) is 13.3. The first kappa shape index (κ1) is 15.9. The molecular formula is C12H6BrCl2F3OS. The van der Waals surface area contributed by atoms with Gasteiger partial charge in [-0.05, 0) is 39.7 Å². The number of thiophene rings is 1. The third kappa shape index (κ3) is 4.04. The van der Waals surface area contributed by atoms with Gasteiger partial charge in [0.1, 0.15) is 10.1 Å². The minimum Gasteiger partial charge on any atom is -0.406 e. The van der Waals surface area contributed by atoms with Crippen LogP contribution in [0.25, 0.3) is 0 Å². The van der Waals surface area contributed by atoms with E-state index in [1.54, 1.807) is 6.07 Å². The van der Waals surface area contributed by atoms with Crippen molar-refractivity contribution in [3.05, 3.63) is 49.6 Å². The summed E-state index contributed by atoms with van der Waals surface area (Å²) < 4.78 is 41.2. The standard InChI is InChI=1S/C12H6BrCl2F3OS/c13-8-5-9(20-11(8)15)10(14)6-1-3-7(4-2-6)19-12(16,17)18/h1-5,10H. The van der Waals surface area contributed by atoms with Gasteiger partial charge in [0.2, 0.25) is 0 Å². The van der Waals surface area contributed by atoms with Crippen LogP contribution in [0, 0.1) is 0 Å².